The second-order valence-corrected chi connectivity index (χ2v) is 6.14. The van der Waals surface area contributed by atoms with Gasteiger partial charge in [-0.3, -0.25) is 4.79 Å². The van der Waals surface area contributed by atoms with E-state index in [9.17, 15) is 4.79 Å². The summed E-state index contributed by atoms with van der Waals surface area (Å²) in [5.41, 5.74) is -0.0337. The Morgan fingerprint density at radius 3 is 2.65 bits per heavy atom. The van der Waals surface area contributed by atoms with Crippen LogP contribution in [0.25, 0.3) is 0 Å². The molecular weight excluding hydrogens is 252 g/mol. The van der Waals surface area contributed by atoms with E-state index < -0.39 is 17.3 Å². The predicted octanol–water partition coefficient (Wildman–Crippen LogP) is 3.21. The molecule has 1 aromatic carbocycles. The number of Topliss-reactive ketones (excluding diaryl/α,β-unsaturated/α-hetero) is 1. The number of ether oxygens (including phenoxy) is 2. The van der Waals surface area contributed by atoms with E-state index in [0.717, 1.165) is 5.56 Å². The number of carbonyl (C=O) groups is 1. The second-order valence-electron chi connectivity index (χ2n) is 6.14. The molecule has 0 radical (unpaired) electrons. The Balaban J connectivity index is 1.81. The molecule has 0 amide bonds. The molecule has 1 aromatic rings. The third-order valence-corrected chi connectivity index (χ3v) is 4.17. The summed E-state index contributed by atoms with van der Waals surface area (Å²) in [7, 11) is 0. The SMILES string of the molecule is C[C@@H](O[C@H]1C(=O)C[C@@]2(C)C=C[C@]1(C)O2)c1ccccc1. The summed E-state index contributed by atoms with van der Waals surface area (Å²) in [5.74, 6) is 0.119. The monoisotopic (exact) mass is 272 g/mol. The maximum absolute atomic E-state index is 12.4. The summed E-state index contributed by atoms with van der Waals surface area (Å²) in [6.45, 7) is 5.84. The van der Waals surface area contributed by atoms with Crippen molar-refractivity contribution >= 4 is 5.78 Å². The highest BCUT2D eigenvalue weighted by Gasteiger charge is 2.54. The fourth-order valence-corrected chi connectivity index (χ4v) is 3.12. The van der Waals surface area contributed by atoms with Gasteiger partial charge in [-0.15, -0.1) is 0 Å². The molecule has 0 N–H and O–H groups in total. The summed E-state index contributed by atoms with van der Waals surface area (Å²) in [6, 6.07) is 9.94. The fourth-order valence-electron chi connectivity index (χ4n) is 3.12. The van der Waals surface area contributed by atoms with E-state index in [-0.39, 0.29) is 11.9 Å². The molecular formula is C17H20O3. The minimum absolute atomic E-state index is 0.119. The Hall–Kier alpha value is -1.45. The highest BCUT2D eigenvalue weighted by Crippen LogP contribution is 2.43. The van der Waals surface area contributed by atoms with Crippen molar-refractivity contribution in [2.24, 2.45) is 0 Å². The average molecular weight is 272 g/mol. The summed E-state index contributed by atoms with van der Waals surface area (Å²) >= 11 is 0. The first-order chi connectivity index (χ1) is 9.42. The number of ketones is 1. The Morgan fingerprint density at radius 2 is 1.95 bits per heavy atom. The highest BCUT2D eigenvalue weighted by molar-refractivity contribution is 5.87. The lowest BCUT2D eigenvalue weighted by molar-refractivity contribution is -0.196. The van der Waals surface area contributed by atoms with Gasteiger partial charge in [0.1, 0.15) is 11.7 Å². The van der Waals surface area contributed by atoms with E-state index in [1.165, 1.54) is 0 Å². The predicted molar refractivity (Wildman–Crippen MR) is 76.4 cm³/mol. The van der Waals surface area contributed by atoms with Crippen LogP contribution in [-0.2, 0) is 14.3 Å². The topological polar surface area (TPSA) is 35.5 Å². The van der Waals surface area contributed by atoms with Gasteiger partial charge in [0.05, 0.1) is 11.7 Å². The van der Waals surface area contributed by atoms with Crippen LogP contribution < -0.4 is 0 Å². The van der Waals surface area contributed by atoms with Gasteiger partial charge in [-0.25, -0.2) is 0 Å². The fraction of sp³-hybridized carbons (Fsp3) is 0.471. The molecule has 2 aliphatic heterocycles. The summed E-state index contributed by atoms with van der Waals surface area (Å²) in [5, 5.41) is 0. The van der Waals surface area contributed by atoms with E-state index in [1.807, 2.05) is 63.3 Å². The molecule has 0 aromatic heterocycles. The molecule has 0 aliphatic carbocycles. The van der Waals surface area contributed by atoms with Crippen LogP contribution in [-0.4, -0.2) is 23.1 Å². The van der Waals surface area contributed by atoms with Crippen molar-refractivity contribution in [2.45, 2.75) is 50.6 Å². The Kier molecular flexibility index (Phi) is 3.07. The van der Waals surface area contributed by atoms with Crippen LogP contribution in [0.5, 0.6) is 0 Å². The van der Waals surface area contributed by atoms with E-state index in [1.54, 1.807) is 0 Å². The molecule has 1 fully saturated rings. The van der Waals surface area contributed by atoms with Crippen LogP contribution in [0.15, 0.2) is 42.5 Å². The molecule has 0 spiro atoms. The third-order valence-electron chi connectivity index (χ3n) is 4.17. The number of fused-ring (bicyclic) bond motifs is 2. The molecule has 3 nitrogen and oxygen atoms in total. The zero-order valence-electron chi connectivity index (χ0n) is 12.1. The highest BCUT2D eigenvalue weighted by atomic mass is 16.6. The first-order valence-corrected chi connectivity index (χ1v) is 7.06. The molecule has 0 saturated carbocycles. The van der Waals surface area contributed by atoms with Gasteiger partial charge >= 0.3 is 0 Å². The summed E-state index contributed by atoms with van der Waals surface area (Å²) in [6.07, 6.45) is 3.67. The zero-order chi connectivity index (χ0) is 14.4. The third kappa shape index (κ3) is 2.21. The largest absolute Gasteiger partial charge is 0.359 e. The smallest absolute Gasteiger partial charge is 0.168 e. The van der Waals surface area contributed by atoms with Crippen LogP contribution in [0, 0.1) is 0 Å². The maximum Gasteiger partial charge on any atom is 0.168 e. The lowest BCUT2D eigenvalue weighted by atomic mass is 9.89. The second kappa shape index (κ2) is 4.54. The molecule has 0 unspecified atom stereocenters. The molecule has 2 aliphatic rings. The number of hydrogen-bond donors (Lipinski definition) is 0. The lowest BCUT2D eigenvalue weighted by Gasteiger charge is -2.41. The standard InChI is InChI=1S/C17H20O3/c1-12(13-7-5-4-6-8-13)19-15-14(18)11-16(2)9-10-17(15,3)20-16/h4-10,12,15H,11H2,1-3H3/t12-,15+,16-,17+/m1/s1. The van der Waals surface area contributed by atoms with Crippen molar-refractivity contribution in [1.29, 1.82) is 0 Å². The molecule has 20 heavy (non-hydrogen) atoms. The number of benzene rings is 1. The molecule has 3 rings (SSSR count). The number of carbonyl (C=O) groups excluding carboxylic acids is 1. The van der Waals surface area contributed by atoms with E-state index >= 15 is 0 Å². The number of hydrogen-bond acceptors (Lipinski definition) is 3. The molecule has 4 atom stereocenters. The molecule has 106 valence electrons. The van der Waals surface area contributed by atoms with Crippen LogP contribution in [0.2, 0.25) is 0 Å². The number of rotatable bonds is 3. The van der Waals surface area contributed by atoms with Gasteiger partial charge in [0.2, 0.25) is 0 Å². The molecule has 2 heterocycles. The van der Waals surface area contributed by atoms with Gasteiger partial charge in [0.25, 0.3) is 0 Å². The van der Waals surface area contributed by atoms with Crippen molar-refractivity contribution < 1.29 is 14.3 Å². The minimum atomic E-state index is -0.646. The van der Waals surface area contributed by atoms with Gasteiger partial charge in [0, 0.05) is 6.42 Å². The van der Waals surface area contributed by atoms with Gasteiger partial charge in [-0.2, -0.15) is 0 Å². The average Bonchev–Trinajstić information content (AvgIpc) is 2.68. The van der Waals surface area contributed by atoms with Crippen molar-refractivity contribution in [2.75, 3.05) is 0 Å². The molecule has 3 heteroatoms. The maximum atomic E-state index is 12.4. The zero-order valence-corrected chi connectivity index (χ0v) is 12.1. The van der Waals surface area contributed by atoms with Crippen molar-refractivity contribution in [1.82, 2.24) is 0 Å². The van der Waals surface area contributed by atoms with Gasteiger partial charge < -0.3 is 9.47 Å². The van der Waals surface area contributed by atoms with Crippen LogP contribution >= 0.6 is 0 Å². The van der Waals surface area contributed by atoms with E-state index in [4.69, 9.17) is 9.47 Å². The van der Waals surface area contributed by atoms with E-state index in [0.29, 0.717) is 6.42 Å². The quantitative estimate of drug-likeness (QED) is 0.793. The Labute approximate surface area is 119 Å². The Morgan fingerprint density at radius 1 is 1.25 bits per heavy atom. The van der Waals surface area contributed by atoms with Crippen molar-refractivity contribution in [3.63, 3.8) is 0 Å². The van der Waals surface area contributed by atoms with Crippen LogP contribution in [0.1, 0.15) is 38.9 Å². The summed E-state index contributed by atoms with van der Waals surface area (Å²) < 4.78 is 12.1. The lowest BCUT2D eigenvalue weighted by Crippen LogP contribution is -2.54. The summed E-state index contributed by atoms with van der Waals surface area (Å²) in [4.78, 5) is 12.4. The Bertz CT molecular complexity index is 551. The van der Waals surface area contributed by atoms with Gasteiger partial charge in [0.15, 0.2) is 5.78 Å². The van der Waals surface area contributed by atoms with Crippen LogP contribution in [0.3, 0.4) is 0 Å². The van der Waals surface area contributed by atoms with Crippen LogP contribution in [0.4, 0.5) is 0 Å². The normalized spacial score (nSPS) is 37.1. The van der Waals surface area contributed by atoms with Crippen molar-refractivity contribution in [3.05, 3.63) is 48.0 Å². The van der Waals surface area contributed by atoms with Crippen molar-refractivity contribution in [3.8, 4) is 0 Å². The first-order valence-electron chi connectivity index (χ1n) is 7.06. The first kappa shape index (κ1) is 13.5. The van der Waals surface area contributed by atoms with Gasteiger partial charge in [-0.1, -0.05) is 42.5 Å². The molecule has 1 saturated heterocycles. The molecule has 2 bridgehead atoms. The van der Waals surface area contributed by atoms with Gasteiger partial charge in [-0.05, 0) is 26.3 Å². The minimum Gasteiger partial charge on any atom is -0.359 e. The van der Waals surface area contributed by atoms with E-state index in [2.05, 4.69) is 0 Å².